The summed E-state index contributed by atoms with van der Waals surface area (Å²) in [6.45, 7) is -0.985. The zero-order valence-corrected chi connectivity index (χ0v) is 16.4. The smallest absolute Gasteiger partial charge is 0.387 e. The molecule has 7 heteroatoms. The molecular formula is C22H19F2N2O2S+. The summed E-state index contributed by atoms with van der Waals surface area (Å²) >= 11 is 5.57. The van der Waals surface area contributed by atoms with Gasteiger partial charge >= 0.3 is 6.61 Å². The number of alkyl halides is 2. The lowest BCUT2D eigenvalue weighted by molar-refractivity contribution is -0.576. The molecule has 0 aliphatic heterocycles. The molecule has 148 valence electrons. The van der Waals surface area contributed by atoms with Crippen LogP contribution >= 0.6 is 12.2 Å². The van der Waals surface area contributed by atoms with Crippen LogP contribution in [0, 0.1) is 6.92 Å². The van der Waals surface area contributed by atoms with Crippen molar-refractivity contribution in [1.82, 2.24) is 0 Å². The molecule has 1 heterocycles. The van der Waals surface area contributed by atoms with Gasteiger partial charge in [0.25, 0.3) is 5.70 Å². The monoisotopic (exact) mass is 413 g/mol. The average Bonchev–Trinajstić information content (AvgIpc) is 2.69. The highest BCUT2D eigenvalue weighted by molar-refractivity contribution is 7.81. The molecule has 3 rings (SSSR count). The SMILES string of the molecule is Cc1ccc[n+](C(C(=S)Nc2ccccc2)=C(O)c2ccc(OC(F)F)cc2)c1. The number of pyridine rings is 1. The van der Waals surface area contributed by atoms with Crippen LogP contribution in [-0.2, 0) is 0 Å². The van der Waals surface area contributed by atoms with Crippen LogP contribution in [0.4, 0.5) is 14.5 Å². The van der Waals surface area contributed by atoms with Gasteiger partial charge in [0.1, 0.15) is 5.75 Å². The fourth-order valence-corrected chi connectivity index (χ4v) is 3.04. The number of halogens is 2. The van der Waals surface area contributed by atoms with Crippen LogP contribution < -0.4 is 14.6 Å². The number of aliphatic hydroxyl groups excluding tert-OH is 1. The van der Waals surface area contributed by atoms with Gasteiger partial charge in [0.05, 0.1) is 0 Å². The molecule has 0 aliphatic rings. The largest absolute Gasteiger partial charge is 0.502 e. The Labute approximate surface area is 172 Å². The van der Waals surface area contributed by atoms with Crippen LogP contribution in [0.3, 0.4) is 0 Å². The van der Waals surface area contributed by atoms with Crippen molar-refractivity contribution in [2.75, 3.05) is 5.32 Å². The summed E-state index contributed by atoms with van der Waals surface area (Å²) in [5, 5.41) is 14.1. The molecule has 0 atom stereocenters. The molecule has 0 bridgehead atoms. The Kier molecular flexibility index (Phi) is 6.51. The van der Waals surface area contributed by atoms with Crippen LogP contribution in [0.15, 0.2) is 79.1 Å². The van der Waals surface area contributed by atoms with Gasteiger partial charge < -0.3 is 15.2 Å². The second-order valence-electron chi connectivity index (χ2n) is 6.21. The number of aromatic nitrogens is 1. The number of nitrogens with zero attached hydrogens (tertiary/aromatic N) is 1. The van der Waals surface area contributed by atoms with Crippen LogP contribution in [0.1, 0.15) is 11.1 Å². The van der Waals surface area contributed by atoms with Crippen molar-refractivity contribution >= 4 is 34.3 Å². The summed E-state index contributed by atoms with van der Waals surface area (Å²) in [7, 11) is 0. The molecule has 0 spiro atoms. The maximum atomic E-state index is 12.4. The minimum atomic E-state index is -2.91. The quantitative estimate of drug-likeness (QED) is 0.252. The number of ether oxygens (including phenoxy) is 1. The number of rotatable bonds is 6. The Bertz CT molecular complexity index is 1020. The number of aliphatic hydroxyl groups is 1. The first kappa shape index (κ1) is 20.4. The summed E-state index contributed by atoms with van der Waals surface area (Å²) in [6, 6.07) is 18.8. The molecule has 4 nitrogen and oxygen atoms in total. The van der Waals surface area contributed by atoms with E-state index < -0.39 is 6.61 Å². The van der Waals surface area contributed by atoms with Gasteiger partial charge in [0, 0.05) is 22.9 Å². The molecule has 0 fully saturated rings. The van der Waals surface area contributed by atoms with Gasteiger partial charge in [-0.3, -0.25) is 0 Å². The van der Waals surface area contributed by atoms with E-state index in [1.54, 1.807) is 10.8 Å². The Morgan fingerprint density at radius 1 is 1.03 bits per heavy atom. The molecule has 1 aromatic heterocycles. The van der Waals surface area contributed by atoms with Crippen molar-refractivity contribution in [3.05, 3.63) is 90.3 Å². The van der Waals surface area contributed by atoms with E-state index >= 15 is 0 Å². The van der Waals surface area contributed by atoms with Crippen LogP contribution in [0.25, 0.3) is 11.5 Å². The summed E-state index contributed by atoms with van der Waals surface area (Å²) in [6.07, 6.45) is 3.60. The molecular weight excluding hydrogens is 394 g/mol. The Balaban J connectivity index is 2.02. The topological polar surface area (TPSA) is 45.4 Å². The molecule has 0 saturated carbocycles. The number of aryl methyl sites for hydroxylation is 1. The maximum absolute atomic E-state index is 12.4. The third-order valence-corrected chi connectivity index (χ3v) is 4.33. The third kappa shape index (κ3) is 5.36. The second kappa shape index (κ2) is 9.25. The van der Waals surface area contributed by atoms with Crippen LogP contribution in [-0.4, -0.2) is 16.7 Å². The number of benzene rings is 2. The number of hydrogen-bond donors (Lipinski definition) is 2. The summed E-state index contributed by atoms with van der Waals surface area (Å²) in [5.41, 5.74) is 2.51. The van der Waals surface area contributed by atoms with Crippen molar-refractivity contribution in [1.29, 1.82) is 0 Å². The number of nitrogens with one attached hydrogen (secondary N) is 1. The van der Waals surface area contributed by atoms with Crippen LogP contribution in [0.5, 0.6) is 5.75 Å². The zero-order valence-electron chi connectivity index (χ0n) is 15.5. The Hall–Kier alpha value is -3.32. The highest BCUT2D eigenvalue weighted by Gasteiger charge is 2.24. The molecule has 0 amide bonds. The lowest BCUT2D eigenvalue weighted by atomic mass is 10.1. The number of hydrogen-bond acceptors (Lipinski definition) is 3. The first-order chi connectivity index (χ1) is 13.9. The van der Waals surface area contributed by atoms with Gasteiger partial charge in [0.15, 0.2) is 23.1 Å². The molecule has 0 saturated heterocycles. The normalized spacial score (nSPS) is 11.7. The highest BCUT2D eigenvalue weighted by Crippen LogP contribution is 2.22. The predicted octanol–water partition coefficient (Wildman–Crippen LogP) is 5.21. The number of thiocarbonyl (C=S) groups is 1. The van der Waals surface area contributed by atoms with Gasteiger partial charge in [-0.2, -0.15) is 13.3 Å². The van der Waals surface area contributed by atoms with E-state index in [9.17, 15) is 13.9 Å². The predicted molar refractivity (Wildman–Crippen MR) is 113 cm³/mol. The zero-order chi connectivity index (χ0) is 20.8. The Morgan fingerprint density at radius 3 is 2.34 bits per heavy atom. The van der Waals surface area contributed by atoms with Crippen molar-refractivity contribution in [2.24, 2.45) is 0 Å². The molecule has 3 aromatic rings. The molecule has 0 radical (unpaired) electrons. The van der Waals surface area contributed by atoms with Crippen molar-refractivity contribution in [2.45, 2.75) is 13.5 Å². The second-order valence-corrected chi connectivity index (χ2v) is 6.62. The number of para-hydroxylation sites is 1. The van der Waals surface area contributed by atoms with Gasteiger partial charge in [-0.05, 0) is 49.4 Å². The minimum absolute atomic E-state index is 0.00583. The molecule has 2 aromatic carbocycles. The molecule has 0 unspecified atom stereocenters. The molecule has 0 aliphatic carbocycles. The van der Waals surface area contributed by atoms with Gasteiger partial charge in [-0.25, -0.2) is 0 Å². The van der Waals surface area contributed by atoms with E-state index in [0.29, 0.717) is 16.2 Å². The lowest BCUT2D eigenvalue weighted by Crippen LogP contribution is -2.38. The standard InChI is InChI=1S/C22H18F2N2O2S/c1-15-6-5-13-26(14-15)19(21(29)25-17-7-3-2-4-8-17)20(27)16-9-11-18(12-10-16)28-22(23)24/h2-14,22H,1H3,(H-,25,27,29)/p+1. The van der Waals surface area contributed by atoms with E-state index in [2.05, 4.69) is 10.1 Å². The van der Waals surface area contributed by atoms with E-state index in [-0.39, 0.29) is 11.5 Å². The van der Waals surface area contributed by atoms with Gasteiger partial charge in [-0.15, -0.1) is 0 Å². The minimum Gasteiger partial charge on any atom is -0.502 e. The highest BCUT2D eigenvalue weighted by atomic mass is 32.1. The molecule has 29 heavy (non-hydrogen) atoms. The van der Waals surface area contributed by atoms with Crippen LogP contribution in [0.2, 0.25) is 0 Å². The lowest BCUT2D eigenvalue weighted by Gasteiger charge is -2.11. The number of anilines is 1. The van der Waals surface area contributed by atoms with E-state index in [4.69, 9.17) is 12.2 Å². The fourth-order valence-electron chi connectivity index (χ4n) is 2.72. The van der Waals surface area contributed by atoms with E-state index in [0.717, 1.165) is 11.3 Å². The molecule has 2 N–H and O–H groups in total. The average molecular weight is 413 g/mol. The van der Waals surface area contributed by atoms with E-state index in [1.165, 1.54) is 24.3 Å². The maximum Gasteiger partial charge on any atom is 0.387 e. The summed E-state index contributed by atoms with van der Waals surface area (Å²) < 4.78 is 30.8. The van der Waals surface area contributed by atoms with Crippen molar-refractivity contribution < 1.29 is 23.2 Å². The first-order valence-electron chi connectivity index (χ1n) is 8.77. The summed E-state index contributed by atoms with van der Waals surface area (Å²) in [4.78, 5) is 0.303. The summed E-state index contributed by atoms with van der Waals surface area (Å²) in [5.74, 6) is -0.0936. The van der Waals surface area contributed by atoms with Crippen molar-refractivity contribution in [3.63, 3.8) is 0 Å². The van der Waals surface area contributed by atoms with E-state index in [1.807, 2.05) is 55.6 Å². The fraction of sp³-hybridized carbons (Fsp3) is 0.0909. The third-order valence-electron chi connectivity index (χ3n) is 4.03. The van der Waals surface area contributed by atoms with Gasteiger partial charge in [-0.1, -0.05) is 30.4 Å². The first-order valence-corrected chi connectivity index (χ1v) is 9.18. The Morgan fingerprint density at radius 2 is 1.72 bits per heavy atom. The van der Waals surface area contributed by atoms with Crippen molar-refractivity contribution in [3.8, 4) is 5.75 Å². The van der Waals surface area contributed by atoms with Gasteiger partial charge in [0.2, 0.25) is 0 Å².